The number of nitrogens with zero attached hydrogens (tertiary/aromatic N) is 2. The second-order valence-electron chi connectivity index (χ2n) is 11.3. The predicted octanol–water partition coefficient (Wildman–Crippen LogP) is 5.17. The highest BCUT2D eigenvalue weighted by molar-refractivity contribution is 5.98. The summed E-state index contributed by atoms with van der Waals surface area (Å²) in [5.74, 6) is -1.41. The minimum absolute atomic E-state index is 0.0306. The lowest BCUT2D eigenvalue weighted by atomic mass is 10.1. The van der Waals surface area contributed by atoms with Crippen LogP contribution in [0.2, 0.25) is 0 Å². The molecule has 3 rings (SSSR count). The first-order valence-electron chi connectivity index (χ1n) is 14.1. The molecule has 0 radical (unpaired) electrons. The Morgan fingerprint density at radius 2 is 1.85 bits per heavy atom. The number of unbranched alkanes of at least 4 members (excludes halogenated alkanes) is 1. The number of aromatic nitrogens is 1. The van der Waals surface area contributed by atoms with Crippen molar-refractivity contribution in [1.29, 1.82) is 0 Å². The fourth-order valence-electron chi connectivity index (χ4n) is 4.70. The molecule has 1 aromatic carbocycles. The molecular weight excluding hydrogens is 537 g/mol. The number of carboxylic acids is 1. The zero-order valence-corrected chi connectivity index (χ0v) is 24.0. The molecule has 8 nitrogen and oxygen atoms in total. The summed E-state index contributed by atoms with van der Waals surface area (Å²) >= 11 is 0. The SMILES string of the molecule is CC(C)(C)OCCN(CCCCc1ccc2c(n1)NCCC2)CCC(NC(=O)c1ccccc1C(F)(F)F)C(=O)O. The van der Waals surface area contributed by atoms with E-state index in [0.29, 0.717) is 26.2 Å². The Morgan fingerprint density at radius 1 is 1.10 bits per heavy atom. The van der Waals surface area contributed by atoms with E-state index in [0.717, 1.165) is 62.3 Å². The van der Waals surface area contributed by atoms with Crippen molar-refractivity contribution in [2.24, 2.45) is 0 Å². The van der Waals surface area contributed by atoms with E-state index in [1.807, 2.05) is 20.8 Å². The van der Waals surface area contributed by atoms with E-state index in [1.54, 1.807) is 0 Å². The van der Waals surface area contributed by atoms with Crippen LogP contribution in [0, 0.1) is 0 Å². The molecule has 2 aromatic rings. The Bertz CT molecular complexity index is 1170. The van der Waals surface area contributed by atoms with Crippen molar-refractivity contribution in [3.63, 3.8) is 0 Å². The molecule has 1 atom stereocenters. The second-order valence-corrected chi connectivity index (χ2v) is 11.3. The van der Waals surface area contributed by atoms with Gasteiger partial charge in [0.05, 0.1) is 23.3 Å². The van der Waals surface area contributed by atoms with Gasteiger partial charge >= 0.3 is 12.1 Å². The molecule has 0 spiro atoms. The maximum absolute atomic E-state index is 13.4. The standard InChI is InChI=1S/C30H41F3N4O4/c1-29(2,3)41-20-19-37(17-7-6-10-22-14-13-21-9-8-16-34-26(21)35-22)18-15-25(28(39)40)36-27(38)23-11-4-5-12-24(23)30(31,32)33/h4-5,11-14,25H,6-10,15-20H2,1-3H3,(H,34,35)(H,36,38)(H,39,40). The maximum atomic E-state index is 13.4. The highest BCUT2D eigenvalue weighted by Gasteiger charge is 2.35. The summed E-state index contributed by atoms with van der Waals surface area (Å²) in [6.45, 7) is 8.77. The van der Waals surface area contributed by atoms with Gasteiger partial charge in [-0.3, -0.25) is 4.79 Å². The number of ether oxygens (including phenoxy) is 1. The molecule has 1 aliphatic heterocycles. The molecule has 0 saturated heterocycles. The molecule has 226 valence electrons. The van der Waals surface area contributed by atoms with Crippen LogP contribution in [0.5, 0.6) is 0 Å². The number of hydrogen-bond acceptors (Lipinski definition) is 6. The average Bonchev–Trinajstić information content (AvgIpc) is 2.91. The first kappa shape index (κ1) is 32.3. The Kier molecular flexibility index (Phi) is 11.5. The number of aliphatic carboxylic acids is 1. The lowest BCUT2D eigenvalue weighted by Gasteiger charge is -2.27. The van der Waals surface area contributed by atoms with Crippen LogP contribution in [-0.2, 0) is 28.5 Å². The number of alkyl halides is 3. The number of aryl methyl sites for hydroxylation is 2. The number of rotatable bonds is 14. The molecule has 1 unspecified atom stereocenters. The number of benzene rings is 1. The summed E-state index contributed by atoms with van der Waals surface area (Å²) in [5, 5.41) is 15.4. The molecule has 41 heavy (non-hydrogen) atoms. The minimum atomic E-state index is -4.73. The van der Waals surface area contributed by atoms with E-state index < -0.39 is 35.2 Å². The van der Waals surface area contributed by atoms with Crippen molar-refractivity contribution in [3.8, 4) is 0 Å². The quantitative estimate of drug-likeness (QED) is 0.266. The van der Waals surface area contributed by atoms with Crippen molar-refractivity contribution < 1.29 is 32.6 Å². The lowest BCUT2D eigenvalue weighted by molar-refractivity contribution is -0.139. The number of carbonyl (C=O) groups is 2. The van der Waals surface area contributed by atoms with Crippen LogP contribution in [0.15, 0.2) is 36.4 Å². The van der Waals surface area contributed by atoms with Gasteiger partial charge in [-0.15, -0.1) is 0 Å². The smallest absolute Gasteiger partial charge is 0.417 e. The first-order valence-corrected chi connectivity index (χ1v) is 14.1. The highest BCUT2D eigenvalue weighted by Crippen LogP contribution is 2.31. The first-order chi connectivity index (χ1) is 19.3. The van der Waals surface area contributed by atoms with Crippen molar-refractivity contribution in [2.45, 2.75) is 77.1 Å². The summed E-state index contributed by atoms with van der Waals surface area (Å²) in [5.41, 5.74) is 0.223. The van der Waals surface area contributed by atoms with Crippen LogP contribution in [0.1, 0.15) is 73.6 Å². The summed E-state index contributed by atoms with van der Waals surface area (Å²) in [6.07, 6.45) is -0.0252. The minimum Gasteiger partial charge on any atom is -0.480 e. The Hall–Kier alpha value is -3.18. The molecule has 1 aliphatic rings. The Balaban J connectivity index is 1.57. The second kappa shape index (κ2) is 14.6. The van der Waals surface area contributed by atoms with Crippen molar-refractivity contribution >= 4 is 17.7 Å². The third-order valence-corrected chi connectivity index (χ3v) is 6.87. The van der Waals surface area contributed by atoms with Gasteiger partial charge < -0.3 is 25.4 Å². The van der Waals surface area contributed by atoms with Crippen LogP contribution in [-0.4, -0.2) is 71.3 Å². The zero-order valence-electron chi connectivity index (χ0n) is 24.0. The van der Waals surface area contributed by atoms with E-state index in [4.69, 9.17) is 9.72 Å². The fraction of sp³-hybridized carbons (Fsp3) is 0.567. The topological polar surface area (TPSA) is 104 Å². The summed E-state index contributed by atoms with van der Waals surface area (Å²) in [7, 11) is 0. The van der Waals surface area contributed by atoms with Crippen molar-refractivity contribution in [2.75, 3.05) is 38.1 Å². The van der Waals surface area contributed by atoms with Gasteiger partial charge in [-0.2, -0.15) is 13.2 Å². The highest BCUT2D eigenvalue weighted by atomic mass is 19.4. The number of carbonyl (C=O) groups excluding carboxylic acids is 1. The van der Waals surface area contributed by atoms with Crippen molar-refractivity contribution in [3.05, 3.63) is 58.8 Å². The molecule has 1 aromatic heterocycles. The average molecular weight is 579 g/mol. The molecule has 0 fully saturated rings. The lowest BCUT2D eigenvalue weighted by Crippen LogP contribution is -2.44. The van der Waals surface area contributed by atoms with Gasteiger partial charge in [0.15, 0.2) is 0 Å². The third kappa shape index (κ3) is 10.6. The number of anilines is 1. The van der Waals surface area contributed by atoms with Gasteiger partial charge in [0.2, 0.25) is 0 Å². The van der Waals surface area contributed by atoms with Gasteiger partial charge in [-0.1, -0.05) is 18.2 Å². The monoisotopic (exact) mass is 578 g/mol. The Morgan fingerprint density at radius 3 is 2.56 bits per heavy atom. The van der Waals surface area contributed by atoms with E-state index >= 15 is 0 Å². The Labute approximate surface area is 239 Å². The number of halogens is 3. The summed E-state index contributed by atoms with van der Waals surface area (Å²) in [4.78, 5) is 31.4. The van der Waals surface area contributed by atoms with E-state index in [9.17, 15) is 27.9 Å². The number of amides is 1. The molecule has 1 amide bonds. The zero-order chi connectivity index (χ0) is 30.0. The molecule has 0 saturated carbocycles. The molecule has 0 bridgehead atoms. The molecule has 3 N–H and O–H groups in total. The summed E-state index contributed by atoms with van der Waals surface area (Å²) < 4.78 is 46.0. The number of carboxylic acid groups (broad SMARTS) is 1. The van der Waals surface area contributed by atoms with Crippen LogP contribution in [0.25, 0.3) is 0 Å². The number of nitrogens with one attached hydrogen (secondary N) is 2. The molecule has 11 heteroatoms. The predicted molar refractivity (Wildman–Crippen MR) is 151 cm³/mol. The van der Waals surface area contributed by atoms with Gasteiger partial charge in [0.1, 0.15) is 11.9 Å². The molecule has 2 heterocycles. The van der Waals surface area contributed by atoms with Crippen molar-refractivity contribution in [1.82, 2.24) is 15.2 Å². The number of fused-ring (bicyclic) bond motifs is 1. The van der Waals surface area contributed by atoms with Crippen LogP contribution >= 0.6 is 0 Å². The fourth-order valence-corrected chi connectivity index (χ4v) is 4.70. The number of pyridine rings is 1. The normalized spacial score (nSPS) is 14.3. The largest absolute Gasteiger partial charge is 0.480 e. The van der Waals surface area contributed by atoms with Crippen LogP contribution in [0.3, 0.4) is 0 Å². The maximum Gasteiger partial charge on any atom is 0.417 e. The molecule has 0 aliphatic carbocycles. The number of hydrogen-bond donors (Lipinski definition) is 3. The van der Waals surface area contributed by atoms with Gasteiger partial charge in [0.25, 0.3) is 5.91 Å². The third-order valence-electron chi connectivity index (χ3n) is 6.87. The van der Waals surface area contributed by atoms with Crippen LogP contribution < -0.4 is 10.6 Å². The van der Waals surface area contributed by atoms with Gasteiger partial charge in [0, 0.05) is 25.3 Å². The van der Waals surface area contributed by atoms with E-state index in [-0.39, 0.29) is 12.0 Å². The van der Waals surface area contributed by atoms with Gasteiger partial charge in [-0.05, 0) is 89.6 Å². The summed E-state index contributed by atoms with van der Waals surface area (Å²) in [6, 6.07) is 7.20. The van der Waals surface area contributed by atoms with E-state index in [2.05, 4.69) is 27.7 Å². The van der Waals surface area contributed by atoms with E-state index in [1.165, 1.54) is 17.7 Å². The van der Waals surface area contributed by atoms with Gasteiger partial charge in [-0.25, -0.2) is 9.78 Å². The van der Waals surface area contributed by atoms with Crippen LogP contribution in [0.4, 0.5) is 19.0 Å². The molecular formula is C30H41F3N4O4.